The standard InChI is InChI=1S/C12H21N3O2S/c1-10(9-13)15(4)11-7-5-6-8-12(11)18(16,17)14(2)3/h5-8,10H,9,13H2,1-4H3. The van der Waals surface area contributed by atoms with Gasteiger partial charge in [0.2, 0.25) is 10.0 Å². The fourth-order valence-electron chi connectivity index (χ4n) is 1.56. The van der Waals surface area contributed by atoms with Crippen molar-refractivity contribution in [3.05, 3.63) is 24.3 Å². The zero-order valence-corrected chi connectivity index (χ0v) is 12.1. The van der Waals surface area contributed by atoms with E-state index in [4.69, 9.17) is 5.73 Å². The van der Waals surface area contributed by atoms with Crippen molar-refractivity contribution in [1.82, 2.24) is 4.31 Å². The normalized spacial score (nSPS) is 13.7. The third-order valence-corrected chi connectivity index (χ3v) is 4.87. The average molecular weight is 271 g/mol. The molecular formula is C12H21N3O2S. The minimum Gasteiger partial charge on any atom is -0.370 e. The average Bonchev–Trinajstić information content (AvgIpc) is 2.36. The summed E-state index contributed by atoms with van der Waals surface area (Å²) < 4.78 is 25.7. The lowest BCUT2D eigenvalue weighted by Crippen LogP contribution is -2.36. The third kappa shape index (κ3) is 2.82. The monoisotopic (exact) mass is 271 g/mol. The zero-order valence-electron chi connectivity index (χ0n) is 11.3. The number of nitrogens with zero attached hydrogens (tertiary/aromatic N) is 2. The molecule has 2 N–H and O–H groups in total. The summed E-state index contributed by atoms with van der Waals surface area (Å²) in [4.78, 5) is 2.19. The van der Waals surface area contributed by atoms with E-state index in [-0.39, 0.29) is 6.04 Å². The quantitative estimate of drug-likeness (QED) is 0.857. The third-order valence-electron chi connectivity index (χ3n) is 3.01. The smallest absolute Gasteiger partial charge is 0.244 e. The van der Waals surface area contributed by atoms with Crippen molar-refractivity contribution in [2.24, 2.45) is 5.73 Å². The molecule has 0 heterocycles. The first-order valence-corrected chi connectivity index (χ1v) is 7.20. The van der Waals surface area contributed by atoms with Gasteiger partial charge in [-0.15, -0.1) is 0 Å². The van der Waals surface area contributed by atoms with Crippen LogP contribution in [0.15, 0.2) is 29.2 Å². The Hall–Kier alpha value is -1.11. The second-order valence-electron chi connectivity index (χ2n) is 4.45. The van der Waals surface area contributed by atoms with Gasteiger partial charge in [0.1, 0.15) is 4.90 Å². The predicted molar refractivity (Wildman–Crippen MR) is 74.2 cm³/mol. The van der Waals surface area contributed by atoms with Crippen LogP contribution in [-0.2, 0) is 10.0 Å². The lowest BCUT2D eigenvalue weighted by molar-refractivity contribution is 0.520. The SMILES string of the molecule is CC(CN)N(C)c1ccccc1S(=O)(=O)N(C)C. The van der Waals surface area contributed by atoms with Crippen LogP contribution in [-0.4, -0.2) is 46.5 Å². The molecule has 5 nitrogen and oxygen atoms in total. The van der Waals surface area contributed by atoms with Crippen LogP contribution in [0, 0.1) is 0 Å². The second kappa shape index (κ2) is 5.69. The Morgan fingerprint density at radius 1 is 1.22 bits per heavy atom. The predicted octanol–water partition coefficient (Wildman–Crippen LogP) is 0.720. The highest BCUT2D eigenvalue weighted by Gasteiger charge is 2.23. The lowest BCUT2D eigenvalue weighted by Gasteiger charge is -2.28. The van der Waals surface area contributed by atoms with Crippen LogP contribution in [0.25, 0.3) is 0 Å². The number of nitrogens with two attached hydrogens (primary N) is 1. The molecule has 0 aliphatic carbocycles. The molecule has 1 aromatic carbocycles. The van der Waals surface area contributed by atoms with E-state index >= 15 is 0 Å². The van der Waals surface area contributed by atoms with Crippen LogP contribution in [0.5, 0.6) is 0 Å². The van der Waals surface area contributed by atoms with Crippen molar-refractivity contribution in [3.63, 3.8) is 0 Å². The maximum Gasteiger partial charge on any atom is 0.244 e. The van der Waals surface area contributed by atoms with Crippen LogP contribution in [0.4, 0.5) is 5.69 Å². The second-order valence-corrected chi connectivity index (χ2v) is 6.57. The highest BCUT2D eigenvalue weighted by molar-refractivity contribution is 7.89. The molecular weight excluding hydrogens is 250 g/mol. The van der Waals surface area contributed by atoms with Crippen LogP contribution in [0.3, 0.4) is 0 Å². The summed E-state index contributed by atoms with van der Waals surface area (Å²) in [6.07, 6.45) is 0. The van der Waals surface area contributed by atoms with Gasteiger partial charge in [0, 0.05) is 33.7 Å². The molecule has 6 heteroatoms. The largest absolute Gasteiger partial charge is 0.370 e. The molecule has 1 aromatic rings. The number of sulfonamides is 1. The van der Waals surface area contributed by atoms with Crippen molar-refractivity contribution in [2.45, 2.75) is 17.9 Å². The number of hydrogen-bond donors (Lipinski definition) is 1. The van der Waals surface area contributed by atoms with Crippen molar-refractivity contribution >= 4 is 15.7 Å². The molecule has 0 aromatic heterocycles. The summed E-state index contributed by atoms with van der Waals surface area (Å²) in [5.74, 6) is 0. The summed E-state index contributed by atoms with van der Waals surface area (Å²) in [6, 6.07) is 7.03. The van der Waals surface area contributed by atoms with Gasteiger partial charge in [0.05, 0.1) is 5.69 Å². The molecule has 0 aliphatic heterocycles. The van der Waals surface area contributed by atoms with Gasteiger partial charge in [-0.25, -0.2) is 12.7 Å². The first-order chi connectivity index (χ1) is 8.32. The molecule has 0 fully saturated rings. The van der Waals surface area contributed by atoms with Crippen molar-refractivity contribution in [2.75, 3.05) is 32.6 Å². The Kier molecular flexibility index (Phi) is 4.72. The van der Waals surface area contributed by atoms with Crippen LogP contribution in [0.1, 0.15) is 6.92 Å². The Balaban J connectivity index is 3.32. The van der Waals surface area contributed by atoms with Crippen LogP contribution in [0.2, 0.25) is 0 Å². The Labute approximate surface area is 109 Å². The summed E-state index contributed by atoms with van der Waals surface area (Å²) in [5.41, 5.74) is 6.30. The highest BCUT2D eigenvalue weighted by Crippen LogP contribution is 2.26. The van der Waals surface area contributed by atoms with Gasteiger partial charge in [-0.3, -0.25) is 0 Å². The fourth-order valence-corrected chi connectivity index (χ4v) is 2.68. The van der Waals surface area contributed by atoms with E-state index in [2.05, 4.69) is 0 Å². The summed E-state index contributed by atoms with van der Waals surface area (Å²) in [6.45, 7) is 2.42. The molecule has 0 spiro atoms. The summed E-state index contributed by atoms with van der Waals surface area (Å²) in [7, 11) is 1.46. The van der Waals surface area contributed by atoms with E-state index in [0.717, 1.165) is 0 Å². The molecule has 0 saturated heterocycles. The van der Waals surface area contributed by atoms with E-state index in [9.17, 15) is 8.42 Å². The van der Waals surface area contributed by atoms with E-state index in [1.807, 2.05) is 24.9 Å². The van der Waals surface area contributed by atoms with Gasteiger partial charge in [-0.1, -0.05) is 12.1 Å². The zero-order chi connectivity index (χ0) is 13.9. The summed E-state index contributed by atoms with van der Waals surface area (Å²) in [5, 5.41) is 0. The fraction of sp³-hybridized carbons (Fsp3) is 0.500. The van der Waals surface area contributed by atoms with E-state index < -0.39 is 10.0 Å². The number of hydrogen-bond acceptors (Lipinski definition) is 4. The molecule has 0 amide bonds. The summed E-state index contributed by atoms with van der Waals surface area (Å²) >= 11 is 0. The van der Waals surface area contributed by atoms with Gasteiger partial charge in [0.25, 0.3) is 0 Å². The number of para-hydroxylation sites is 1. The molecule has 102 valence electrons. The van der Waals surface area contributed by atoms with Crippen molar-refractivity contribution < 1.29 is 8.42 Å². The van der Waals surface area contributed by atoms with E-state index in [1.165, 1.54) is 18.4 Å². The molecule has 18 heavy (non-hydrogen) atoms. The lowest BCUT2D eigenvalue weighted by atomic mass is 10.2. The first-order valence-electron chi connectivity index (χ1n) is 5.76. The van der Waals surface area contributed by atoms with Crippen LogP contribution < -0.4 is 10.6 Å². The van der Waals surface area contributed by atoms with Crippen molar-refractivity contribution in [1.29, 1.82) is 0 Å². The number of benzene rings is 1. The molecule has 0 saturated carbocycles. The minimum absolute atomic E-state index is 0.0727. The molecule has 0 radical (unpaired) electrons. The number of rotatable bonds is 5. The molecule has 1 rings (SSSR count). The van der Waals surface area contributed by atoms with Gasteiger partial charge in [-0.2, -0.15) is 0 Å². The highest BCUT2D eigenvalue weighted by atomic mass is 32.2. The van der Waals surface area contributed by atoms with Gasteiger partial charge in [-0.05, 0) is 19.1 Å². The minimum atomic E-state index is -3.44. The van der Waals surface area contributed by atoms with Gasteiger partial charge < -0.3 is 10.6 Å². The Morgan fingerprint density at radius 3 is 2.28 bits per heavy atom. The first kappa shape index (κ1) is 14.9. The van der Waals surface area contributed by atoms with E-state index in [1.54, 1.807) is 18.2 Å². The maximum absolute atomic E-state index is 12.2. The molecule has 1 unspecified atom stereocenters. The number of anilines is 1. The maximum atomic E-state index is 12.2. The molecule has 0 aliphatic rings. The molecule has 1 atom stereocenters. The van der Waals surface area contributed by atoms with E-state index in [0.29, 0.717) is 17.1 Å². The molecule has 0 bridgehead atoms. The topological polar surface area (TPSA) is 66.6 Å². The van der Waals surface area contributed by atoms with Gasteiger partial charge >= 0.3 is 0 Å². The Bertz CT molecular complexity index is 500. The number of likely N-dealkylation sites (N-methyl/N-ethyl adjacent to an activating group) is 1. The van der Waals surface area contributed by atoms with Crippen molar-refractivity contribution in [3.8, 4) is 0 Å². The van der Waals surface area contributed by atoms with Crippen LogP contribution >= 0.6 is 0 Å². The Morgan fingerprint density at radius 2 is 1.78 bits per heavy atom. The van der Waals surface area contributed by atoms with Gasteiger partial charge in [0.15, 0.2) is 0 Å².